The molecule has 0 spiro atoms. The van der Waals surface area contributed by atoms with Gasteiger partial charge in [-0.15, -0.1) is 0 Å². The van der Waals surface area contributed by atoms with Crippen molar-refractivity contribution in [2.45, 2.75) is 57.9 Å². The third-order valence-corrected chi connectivity index (χ3v) is 3.20. The standard InChI is InChI=1S/C13H26N4O/c1-2-3-9-15-13(14)16-10-12(18)17-11-7-5-4-6-8-11/h11H,2-10H2,1H3,(H,17,18)(H3,14,15,16). The molecule has 1 amide bonds. The van der Waals surface area contributed by atoms with Gasteiger partial charge in [0.25, 0.3) is 0 Å². The van der Waals surface area contributed by atoms with Crippen molar-refractivity contribution < 1.29 is 4.79 Å². The monoisotopic (exact) mass is 254 g/mol. The fourth-order valence-corrected chi connectivity index (χ4v) is 2.13. The lowest BCUT2D eigenvalue weighted by Gasteiger charge is -2.22. The lowest BCUT2D eigenvalue weighted by Crippen LogP contribution is -2.39. The van der Waals surface area contributed by atoms with E-state index in [1.165, 1.54) is 19.3 Å². The summed E-state index contributed by atoms with van der Waals surface area (Å²) in [6.07, 6.45) is 8.09. The van der Waals surface area contributed by atoms with Gasteiger partial charge < -0.3 is 16.4 Å². The smallest absolute Gasteiger partial charge is 0.242 e. The van der Waals surface area contributed by atoms with Gasteiger partial charge in [0.1, 0.15) is 6.54 Å². The molecule has 0 unspecified atom stereocenters. The number of carbonyl (C=O) groups is 1. The summed E-state index contributed by atoms with van der Waals surface area (Å²) in [5.41, 5.74) is 5.65. The molecule has 18 heavy (non-hydrogen) atoms. The third kappa shape index (κ3) is 6.47. The average molecular weight is 254 g/mol. The van der Waals surface area contributed by atoms with Crippen LogP contribution in [0.25, 0.3) is 0 Å². The predicted molar refractivity (Wildman–Crippen MR) is 74.4 cm³/mol. The molecule has 0 aromatic rings. The molecule has 0 aromatic heterocycles. The van der Waals surface area contributed by atoms with E-state index in [9.17, 15) is 4.79 Å². The Morgan fingerprint density at radius 3 is 2.72 bits per heavy atom. The van der Waals surface area contributed by atoms with Gasteiger partial charge in [0.2, 0.25) is 5.91 Å². The summed E-state index contributed by atoms with van der Waals surface area (Å²) in [5, 5.41) is 6.00. The van der Waals surface area contributed by atoms with Crippen LogP contribution in [0.3, 0.4) is 0 Å². The summed E-state index contributed by atoms with van der Waals surface area (Å²) in [4.78, 5) is 15.7. The van der Waals surface area contributed by atoms with Gasteiger partial charge in [-0.2, -0.15) is 0 Å². The van der Waals surface area contributed by atoms with Crippen molar-refractivity contribution in [1.29, 1.82) is 0 Å². The van der Waals surface area contributed by atoms with E-state index in [0.29, 0.717) is 12.0 Å². The molecular weight excluding hydrogens is 228 g/mol. The molecule has 1 saturated carbocycles. The van der Waals surface area contributed by atoms with Crippen LogP contribution >= 0.6 is 0 Å². The molecule has 5 heteroatoms. The van der Waals surface area contributed by atoms with Gasteiger partial charge in [0.05, 0.1) is 0 Å². The Labute approximate surface area is 110 Å². The van der Waals surface area contributed by atoms with Gasteiger partial charge >= 0.3 is 0 Å². The molecule has 1 aliphatic carbocycles. The largest absolute Gasteiger partial charge is 0.370 e. The van der Waals surface area contributed by atoms with Gasteiger partial charge in [-0.3, -0.25) is 4.79 Å². The molecule has 0 aliphatic heterocycles. The minimum absolute atomic E-state index is 0.0258. The van der Waals surface area contributed by atoms with Crippen LogP contribution in [0, 0.1) is 0 Å². The second-order valence-corrected chi connectivity index (χ2v) is 4.88. The summed E-state index contributed by atoms with van der Waals surface area (Å²) in [7, 11) is 0. The molecular formula is C13H26N4O. The lowest BCUT2D eigenvalue weighted by atomic mass is 9.95. The normalized spacial score (nSPS) is 17.5. The molecule has 1 aliphatic rings. The van der Waals surface area contributed by atoms with E-state index in [1.54, 1.807) is 0 Å². The van der Waals surface area contributed by atoms with Crippen molar-refractivity contribution in [3.8, 4) is 0 Å². The maximum atomic E-state index is 11.6. The zero-order valence-electron chi connectivity index (χ0n) is 11.4. The quantitative estimate of drug-likeness (QED) is 0.378. The molecule has 1 rings (SSSR count). The van der Waals surface area contributed by atoms with Crippen LogP contribution in [0.15, 0.2) is 4.99 Å². The summed E-state index contributed by atoms with van der Waals surface area (Å²) < 4.78 is 0. The maximum Gasteiger partial charge on any atom is 0.242 e. The van der Waals surface area contributed by atoms with Crippen LogP contribution < -0.4 is 16.4 Å². The summed E-state index contributed by atoms with van der Waals surface area (Å²) in [6.45, 7) is 3.06. The molecule has 0 atom stereocenters. The van der Waals surface area contributed by atoms with Gasteiger partial charge in [-0.05, 0) is 19.3 Å². The van der Waals surface area contributed by atoms with Crippen LogP contribution in [-0.4, -0.2) is 31.0 Å². The maximum absolute atomic E-state index is 11.6. The summed E-state index contributed by atoms with van der Waals surface area (Å²) in [5.74, 6) is 0.337. The highest BCUT2D eigenvalue weighted by molar-refractivity contribution is 5.84. The predicted octanol–water partition coefficient (Wildman–Crippen LogP) is 1.14. The number of nitrogens with one attached hydrogen (secondary N) is 2. The molecule has 0 bridgehead atoms. The number of amides is 1. The first-order valence-electron chi connectivity index (χ1n) is 7.05. The number of hydrogen-bond acceptors (Lipinski definition) is 2. The number of hydrogen-bond donors (Lipinski definition) is 3. The first-order valence-corrected chi connectivity index (χ1v) is 7.05. The summed E-state index contributed by atoms with van der Waals surface area (Å²) in [6, 6.07) is 0.343. The van der Waals surface area contributed by atoms with Gasteiger partial charge in [-0.1, -0.05) is 32.6 Å². The van der Waals surface area contributed by atoms with Gasteiger partial charge in [0.15, 0.2) is 5.96 Å². The number of aliphatic imine (C=N–C) groups is 1. The molecule has 0 radical (unpaired) electrons. The third-order valence-electron chi connectivity index (χ3n) is 3.20. The molecule has 4 N–H and O–H groups in total. The fraction of sp³-hybridized carbons (Fsp3) is 0.846. The van der Waals surface area contributed by atoms with Gasteiger partial charge in [-0.25, -0.2) is 4.99 Å². The van der Waals surface area contributed by atoms with E-state index in [4.69, 9.17) is 5.73 Å². The Kier molecular flexibility index (Phi) is 7.22. The Balaban J connectivity index is 2.16. The van der Waals surface area contributed by atoms with E-state index in [2.05, 4.69) is 22.5 Å². The van der Waals surface area contributed by atoms with E-state index in [0.717, 1.165) is 32.2 Å². The second kappa shape index (κ2) is 8.78. The number of unbranched alkanes of at least 4 members (excludes halogenated alkanes) is 1. The molecule has 0 heterocycles. The van der Waals surface area contributed by atoms with E-state index in [-0.39, 0.29) is 12.5 Å². The minimum Gasteiger partial charge on any atom is -0.370 e. The van der Waals surface area contributed by atoms with Crippen molar-refractivity contribution >= 4 is 11.9 Å². The van der Waals surface area contributed by atoms with E-state index in [1.807, 2.05) is 0 Å². The Hall–Kier alpha value is -1.26. The van der Waals surface area contributed by atoms with E-state index >= 15 is 0 Å². The molecule has 104 valence electrons. The number of carbonyl (C=O) groups excluding carboxylic acids is 1. The zero-order chi connectivity index (χ0) is 13.2. The van der Waals surface area contributed by atoms with Crippen LogP contribution in [-0.2, 0) is 4.79 Å². The molecule has 0 saturated heterocycles. The number of guanidine groups is 1. The highest BCUT2D eigenvalue weighted by Gasteiger charge is 2.15. The molecule has 0 aromatic carbocycles. The number of rotatable bonds is 6. The Morgan fingerprint density at radius 1 is 1.33 bits per heavy atom. The number of nitrogens with two attached hydrogens (primary N) is 1. The van der Waals surface area contributed by atoms with Crippen LogP contribution in [0.2, 0.25) is 0 Å². The zero-order valence-corrected chi connectivity index (χ0v) is 11.4. The van der Waals surface area contributed by atoms with Crippen LogP contribution in [0.1, 0.15) is 51.9 Å². The average Bonchev–Trinajstić information content (AvgIpc) is 2.38. The fourth-order valence-electron chi connectivity index (χ4n) is 2.13. The van der Waals surface area contributed by atoms with Crippen LogP contribution in [0.4, 0.5) is 0 Å². The van der Waals surface area contributed by atoms with Crippen molar-refractivity contribution in [3.05, 3.63) is 0 Å². The highest BCUT2D eigenvalue weighted by atomic mass is 16.1. The Morgan fingerprint density at radius 2 is 2.06 bits per heavy atom. The lowest BCUT2D eigenvalue weighted by molar-refractivity contribution is -0.120. The van der Waals surface area contributed by atoms with Crippen LogP contribution in [0.5, 0.6) is 0 Å². The topological polar surface area (TPSA) is 79.5 Å². The van der Waals surface area contributed by atoms with Crippen molar-refractivity contribution in [2.24, 2.45) is 10.7 Å². The van der Waals surface area contributed by atoms with Crippen molar-refractivity contribution in [3.63, 3.8) is 0 Å². The van der Waals surface area contributed by atoms with E-state index < -0.39 is 0 Å². The Bertz CT molecular complexity index is 272. The summed E-state index contributed by atoms with van der Waals surface area (Å²) >= 11 is 0. The first kappa shape index (κ1) is 14.8. The van der Waals surface area contributed by atoms with Crippen molar-refractivity contribution in [2.75, 3.05) is 13.1 Å². The number of nitrogens with zero attached hydrogens (tertiary/aromatic N) is 1. The van der Waals surface area contributed by atoms with Crippen molar-refractivity contribution in [1.82, 2.24) is 10.6 Å². The second-order valence-electron chi connectivity index (χ2n) is 4.88. The first-order chi connectivity index (χ1) is 8.72. The highest BCUT2D eigenvalue weighted by Crippen LogP contribution is 2.17. The van der Waals surface area contributed by atoms with Gasteiger partial charge in [0, 0.05) is 12.6 Å². The molecule has 1 fully saturated rings. The molecule has 5 nitrogen and oxygen atoms in total. The minimum atomic E-state index is -0.0258. The SMILES string of the molecule is CCCCNC(N)=NCC(=O)NC1CCCCC1.